The molecule has 0 fully saturated rings. The Morgan fingerprint density at radius 3 is 2.34 bits per heavy atom. The molecule has 0 saturated heterocycles. The van der Waals surface area contributed by atoms with Crippen molar-refractivity contribution in [2.24, 2.45) is 4.99 Å². The van der Waals surface area contributed by atoms with Crippen molar-refractivity contribution in [3.05, 3.63) is 114 Å². The fourth-order valence-electron chi connectivity index (χ4n) is 3.39. The van der Waals surface area contributed by atoms with Gasteiger partial charge in [0.05, 0.1) is 12.3 Å². The summed E-state index contributed by atoms with van der Waals surface area (Å²) in [5.74, 6) is 0.804. The van der Waals surface area contributed by atoms with E-state index in [1.165, 1.54) is 6.08 Å². The van der Waals surface area contributed by atoms with Crippen LogP contribution in [0.4, 0.5) is 5.69 Å². The molecule has 0 unspecified atom stereocenters. The lowest BCUT2D eigenvalue weighted by Gasteiger charge is -2.22. The van der Waals surface area contributed by atoms with Crippen LogP contribution in [0.1, 0.15) is 36.5 Å². The predicted molar refractivity (Wildman–Crippen MR) is 128 cm³/mol. The summed E-state index contributed by atoms with van der Waals surface area (Å²) in [4.78, 5) is 17.0. The first-order chi connectivity index (χ1) is 15.8. The molecular weight excluding hydrogens is 398 g/mol. The lowest BCUT2D eigenvalue weighted by Crippen LogP contribution is -2.12. The van der Waals surface area contributed by atoms with Crippen LogP contribution in [0.15, 0.2) is 102 Å². The molecule has 160 valence electrons. The predicted octanol–water partition coefficient (Wildman–Crippen LogP) is 6.56. The molecule has 0 radical (unpaired) electrons. The molecule has 4 rings (SSSR count). The molecule has 0 atom stereocenters. The van der Waals surface area contributed by atoms with Gasteiger partial charge in [-0.1, -0.05) is 74.0 Å². The van der Waals surface area contributed by atoms with E-state index in [0.717, 1.165) is 40.8 Å². The number of hydrogen-bond acceptors (Lipinski definition) is 4. The Balaban J connectivity index is 1.80. The second-order valence-electron chi connectivity index (χ2n) is 7.37. The molecule has 3 aromatic carbocycles. The molecule has 0 N–H and O–H groups in total. The minimum absolute atomic E-state index is 0.367. The van der Waals surface area contributed by atoms with Gasteiger partial charge in [-0.2, -0.15) is 0 Å². The number of esters is 1. The quantitative estimate of drug-likeness (QED) is 0.245. The SMILES string of the molecule is CCCCOC(=O)/C=C/C(=C1/OC(c2ccccc2)=Nc2ccccc21)c1ccccc1. The molecule has 4 nitrogen and oxygen atoms in total. The second kappa shape index (κ2) is 10.4. The van der Waals surface area contributed by atoms with Crippen molar-refractivity contribution >= 4 is 28.9 Å². The van der Waals surface area contributed by atoms with Crippen LogP contribution in [0.5, 0.6) is 0 Å². The highest BCUT2D eigenvalue weighted by atomic mass is 16.5. The van der Waals surface area contributed by atoms with E-state index in [0.29, 0.717) is 18.3 Å². The number of allylic oxidation sites excluding steroid dienone is 2. The number of carbonyl (C=O) groups is 1. The largest absolute Gasteiger partial charge is 0.463 e. The lowest BCUT2D eigenvalue weighted by molar-refractivity contribution is -0.137. The average molecular weight is 424 g/mol. The highest BCUT2D eigenvalue weighted by Crippen LogP contribution is 2.38. The molecule has 1 heterocycles. The van der Waals surface area contributed by atoms with Crippen molar-refractivity contribution in [3.63, 3.8) is 0 Å². The molecule has 0 saturated carbocycles. The van der Waals surface area contributed by atoms with Crippen LogP contribution < -0.4 is 0 Å². The molecule has 3 aromatic rings. The third-order valence-electron chi connectivity index (χ3n) is 5.05. The van der Waals surface area contributed by atoms with E-state index in [2.05, 4.69) is 6.92 Å². The number of benzene rings is 3. The first kappa shape index (κ1) is 21.3. The molecule has 0 spiro atoms. The van der Waals surface area contributed by atoms with Crippen LogP contribution in [0.25, 0.3) is 11.3 Å². The zero-order valence-electron chi connectivity index (χ0n) is 18.0. The Labute approximate surface area is 188 Å². The summed E-state index contributed by atoms with van der Waals surface area (Å²) in [5, 5.41) is 0. The van der Waals surface area contributed by atoms with Gasteiger partial charge in [-0.05, 0) is 42.3 Å². The maximum Gasteiger partial charge on any atom is 0.330 e. The maximum absolute atomic E-state index is 12.3. The smallest absolute Gasteiger partial charge is 0.330 e. The second-order valence-corrected chi connectivity index (χ2v) is 7.37. The van der Waals surface area contributed by atoms with Crippen LogP contribution in [0.2, 0.25) is 0 Å². The van der Waals surface area contributed by atoms with Gasteiger partial charge in [0.2, 0.25) is 5.90 Å². The van der Waals surface area contributed by atoms with Crippen molar-refractivity contribution in [1.82, 2.24) is 0 Å². The number of unbranched alkanes of at least 4 members (excludes halogenated alkanes) is 1. The lowest BCUT2D eigenvalue weighted by atomic mass is 9.98. The third kappa shape index (κ3) is 5.03. The number of hydrogen-bond donors (Lipinski definition) is 0. The van der Waals surface area contributed by atoms with Crippen molar-refractivity contribution in [3.8, 4) is 0 Å². The Kier molecular flexibility index (Phi) is 6.93. The monoisotopic (exact) mass is 423 g/mol. The first-order valence-corrected chi connectivity index (χ1v) is 10.8. The van der Waals surface area contributed by atoms with Gasteiger partial charge >= 0.3 is 5.97 Å². The van der Waals surface area contributed by atoms with Crippen LogP contribution in [0, 0.1) is 0 Å². The van der Waals surface area contributed by atoms with Gasteiger partial charge in [-0.3, -0.25) is 0 Å². The number of fused-ring (bicyclic) bond motifs is 1. The fourth-order valence-corrected chi connectivity index (χ4v) is 3.39. The normalized spacial score (nSPS) is 14.3. The zero-order valence-corrected chi connectivity index (χ0v) is 18.0. The van der Waals surface area contributed by atoms with Crippen LogP contribution in [-0.4, -0.2) is 18.5 Å². The topological polar surface area (TPSA) is 47.9 Å². The average Bonchev–Trinajstić information content (AvgIpc) is 2.85. The Hall–Kier alpha value is -3.92. The number of nitrogens with zero attached hydrogens (tertiary/aromatic N) is 1. The maximum atomic E-state index is 12.3. The molecule has 0 bridgehead atoms. The summed E-state index contributed by atoms with van der Waals surface area (Å²) in [5.41, 5.74) is 4.29. The fraction of sp³-hybridized carbons (Fsp3) is 0.143. The van der Waals surface area contributed by atoms with E-state index >= 15 is 0 Å². The molecule has 1 aliphatic heterocycles. The first-order valence-electron chi connectivity index (χ1n) is 10.8. The highest BCUT2D eigenvalue weighted by molar-refractivity contribution is 6.07. The number of aliphatic imine (C=N–C) groups is 1. The van der Waals surface area contributed by atoms with Gasteiger partial charge in [0.1, 0.15) is 5.76 Å². The summed E-state index contributed by atoms with van der Waals surface area (Å²) in [7, 11) is 0. The van der Waals surface area contributed by atoms with Crippen LogP contribution >= 0.6 is 0 Å². The van der Waals surface area contributed by atoms with Crippen LogP contribution in [-0.2, 0) is 14.3 Å². The summed E-state index contributed by atoms with van der Waals surface area (Å²) in [6.07, 6.45) is 5.05. The molecular formula is C28H25NO3. The zero-order chi connectivity index (χ0) is 22.2. The number of carbonyl (C=O) groups excluding carboxylic acids is 1. The van der Waals surface area contributed by atoms with E-state index in [9.17, 15) is 4.79 Å². The Morgan fingerprint density at radius 2 is 1.59 bits per heavy atom. The van der Waals surface area contributed by atoms with Crippen LogP contribution in [0.3, 0.4) is 0 Å². The summed E-state index contributed by atoms with van der Waals surface area (Å²) in [6, 6.07) is 27.5. The standard InChI is InChI=1S/C28H25NO3/c1-2-3-20-31-26(30)19-18-23(21-12-6-4-7-13-21)27-24-16-10-11-17-25(24)29-28(32-27)22-14-8-5-9-15-22/h4-19H,2-3,20H2,1H3/b19-18+,27-23-. The van der Waals surface area contributed by atoms with Crippen molar-refractivity contribution in [2.45, 2.75) is 19.8 Å². The van der Waals surface area contributed by atoms with Gasteiger partial charge in [0, 0.05) is 22.8 Å². The third-order valence-corrected chi connectivity index (χ3v) is 5.05. The Bertz CT molecular complexity index is 1160. The van der Waals surface area contributed by atoms with E-state index in [4.69, 9.17) is 14.5 Å². The van der Waals surface area contributed by atoms with Crippen molar-refractivity contribution in [2.75, 3.05) is 6.61 Å². The Morgan fingerprint density at radius 1 is 0.906 bits per heavy atom. The van der Waals surface area contributed by atoms with E-state index in [1.807, 2.05) is 84.9 Å². The number of para-hydroxylation sites is 1. The molecule has 4 heteroatoms. The van der Waals surface area contributed by atoms with Gasteiger partial charge in [-0.25, -0.2) is 9.79 Å². The van der Waals surface area contributed by atoms with Gasteiger partial charge in [-0.15, -0.1) is 0 Å². The molecule has 0 amide bonds. The minimum atomic E-state index is -0.367. The van der Waals surface area contributed by atoms with E-state index in [-0.39, 0.29) is 5.97 Å². The minimum Gasteiger partial charge on any atom is -0.463 e. The highest BCUT2D eigenvalue weighted by Gasteiger charge is 2.23. The molecule has 32 heavy (non-hydrogen) atoms. The van der Waals surface area contributed by atoms with Crippen molar-refractivity contribution < 1.29 is 14.3 Å². The van der Waals surface area contributed by atoms with Crippen molar-refractivity contribution in [1.29, 1.82) is 0 Å². The van der Waals surface area contributed by atoms with E-state index < -0.39 is 0 Å². The molecule has 0 aliphatic carbocycles. The van der Waals surface area contributed by atoms with Gasteiger partial charge in [0.25, 0.3) is 0 Å². The summed E-state index contributed by atoms with van der Waals surface area (Å²) in [6.45, 7) is 2.48. The van der Waals surface area contributed by atoms with E-state index in [1.54, 1.807) is 6.08 Å². The number of rotatable bonds is 7. The molecule has 0 aromatic heterocycles. The molecule has 1 aliphatic rings. The van der Waals surface area contributed by atoms with Gasteiger partial charge < -0.3 is 9.47 Å². The summed E-state index contributed by atoms with van der Waals surface area (Å²) >= 11 is 0. The number of ether oxygens (including phenoxy) is 2. The summed E-state index contributed by atoms with van der Waals surface area (Å²) < 4.78 is 11.7. The van der Waals surface area contributed by atoms with Gasteiger partial charge in [0.15, 0.2) is 0 Å².